The molecule has 0 unspecified atom stereocenters. The van der Waals surface area contributed by atoms with Crippen LogP contribution in [0.4, 0.5) is 5.82 Å². The SMILES string of the molecule is CNC(=S)Nc1cc(C)nn1C. The van der Waals surface area contributed by atoms with Gasteiger partial charge < -0.3 is 10.6 Å². The first kappa shape index (κ1) is 8.99. The van der Waals surface area contributed by atoms with E-state index in [1.165, 1.54) is 0 Å². The van der Waals surface area contributed by atoms with Crippen molar-refractivity contribution in [2.45, 2.75) is 6.92 Å². The molecule has 0 aromatic carbocycles. The second kappa shape index (κ2) is 3.53. The predicted octanol–water partition coefficient (Wildman–Crippen LogP) is 0.645. The van der Waals surface area contributed by atoms with Crippen LogP contribution in [0.25, 0.3) is 0 Å². The van der Waals surface area contributed by atoms with Gasteiger partial charge in [-0.3, -0.25) is 4.68 Å². The Morgan fingerprint density at radius 3 is 2.75 bits per heavy atom. The van der Waals surface area contributed by atoms with Crippen molar-refractivity contribution in [2.24, 2.45) is 7.05 Å². The Labute approximate surface area is 77.0 Å². The molecule has 5 heteroatoms. The molecule has 1 aromatic rings. The second-order valence-electron chi connectivity index (χ2n) is 2.50. The molecule has 0 saturated heterocycles. The molecular formula is C7H12N4S. The third-order valence-corrected chi connectivity index (χ3v) is 1.78. The highest BCUT2D eigenvalue weighted by atomic mass is 32.1. The number of aromatic nitrogens is 2. The molecule has 0 saturated carbocycles. The maximum Gasteiger partial charge on any atom is 0.171 e. The molecule has 0 bridgehead atoms. The summed E-state index contributed by atoms with van der Waals surface area (Å²) in [6, 6.07) is 1.93. The van der Waals surface area contributed by atoms with Crippen molar-refractivity contribution >= 4 is 23.1 Å². The van der Waals surface area contributed by atoms with E-state index in [1.54, 1.807) is 11.7 Å². The Morgan fingerprint density at radius 2 is 2.33 bits per heavy atom. The number of hydrogen-bond acceptors (Lipinski definition) is 2. The molecule has 0 aliphatic rings. The summed E-state index contributed by atoms with van der Waals surface area (Å²) in [5.74, 6) is 0.895. The van der Waals surface area contributed by atoms with E-state index in [1.807, 2.05) is 20.0 Å². The second-order valence-corrected chi connectivity index (χ2v) is 2.91. The summed E-state index contributed by atoms with van der Waals surface area (Å²) in [6.07, 6.45) is 0. The highest BCUT2D eigenvalue weighted by Crippen LogP contribution is 2.06. The first-order valence-corrected chi connectivity index (χ1v) is 4.03. The monoisotopic (exact) mass is 184 g/mol. The molecule has 1 heterocycles. The zero-order chi connectivity index (χ0) is 9.14. The molecular weight excluding hydrogens is 172 g/mol. The number of aryl methyl sites for hydroxylation is 2. The Morgan fingerprint density at radius 1 is 1.67 bits per heavy atom. The third kappa shape index (κ3) is 1.94. The molecule has 0 amide bonds. The summed E-state index contributed by atoms with van der Waals surface area (Å²) in [4.78, 5) is 0. The highest BCUT2D eigenvalue weighted by molar-refractivity contribution is 7.80. The van der Waals surface area contributed by atoms with Gasteiger partial charge in [-0.2, -0.15) is 5.10 Å². The minimum Gasteiger partial charge on any atom is -0.365 e. The number of nitrogens with one attached hydrogen (secondary N) is 2. The van der Waals surface area contributed by atoms with Crippen LogP contribution < -0.4 is 10.6 Å². The van der Waals surface area contributed by atoms with Crippen molar-refractivity contribution in [1.29, 1.82) is 0 Å². The summed E-state index contributed by atoms with van der Waals surface area (Å²) in [7, 11) is 3.65. The molecule has 12 heavy (non-hydrogen) atoms. The van der Waals surface area contributed by atoms with Crippen LogP contribution in [0.3, 0.4) is 0 Å². The lowest BCUT2D eigenvalue weighted by molar-refractivity contribution is 0.765. The lowest BCUT2D eigenvalue weighted by Gasteiger charge is -2.05. The molecule has 0 aliphatic heterocycles. The molecule has 2 N–H and O–H groups in total. The summed E-state index contributed by atoms with van der Waals surface area (Å²) in [5, 5.41) is 10.6. The van der Waals surface area contributed by atoms with E-state index < -0.39 is 0 Å². The van der Waals surface area contributed by atoms with E-state index in [2.05, 4.69) is 15.7 Å². The maximum absolute atomic E-state index is 4.94. The first-order chi connectivity index (χ1) is 5.63. The van der Waals surface area contributed by atoms with Crippen molar-refractivity contribution in [2.75, 3.05) is 12.4 Å². The lowest BCUT2D eigenvalue weighted by Crippen LogP contribution is -2.25. The van der Waals surface area contributed by atoms with E-state index in [4.69, 9.17) is 12.2 Å². The smallest absolute Gasteiger partial charge is 0.171 e. The average molecular weight is 184 g/mol. The van der Waals surface area contributed by atoms with E-state index in [0.29, 0.717) is 5.11 Å². The van der Waals surface area contributed by atoms with Crippen LogP contribution in [0.5, 0.6) is 0 Å². The zero-order valence-electron chi connectivity index (χ0n) is 7.38. The van der Waals surface area contributed by atoms with Crippen molar-refractivity contribution in [3.05, 3.63) is 11.8 Å². The quantitative estimate of drug-likeness (QED) is 0.629. The van der Waals surface area contributed by atoms with Crippen LogP contribution in [0.2, 0.25) is 0 Å². The van der Waals surface area contributed by atoms with Crippen molar-refractivity contribution in [3.8, 4) is 0 Å². The standard InChI is InChI=1S/C7H12N4S/c1-5-4-6(11(3)10-5)9-7(12)8-2/h4H,1-3H3,(H2,8,9,12). The van der Waals surface area contributed by atoms with Gasteiger partial charge in [-0.15, -0.1) is 0 Å². The van der Waals surface area contributed by atoms with Crippen LogP contribution >= 0.6 is 12.2 Å². The average Bonchev–Trinajstić information content (AvgIpc) is 2.30. The van der Waals surface area contributed by atoms with Gasteiger partial charge in [0.2, 0.25) is 0 Å². The van der Waals surface area contributed by atoms with Crippen LogP contribution in [0.15, 0.2) is 6.07 Å². The molecule has 1 rings (SSSR count). The van der Waals surface area contributed by atoms with Gasteiger partial charge in [-0.1, -0.05) is 0 Å². The normalized spacial score (nSPS) is 9.58. The molecule has 0 spiro atoms. The summed E-state index contributed by atoms with van der Waals surface area (Å²) >= 11 is 4.94. The van der Waals surface area contributed by atoms with E-state index in [9.17, 15) is 0 Å². The van der Waals surface area contributed by atoms with Gasteiger partial charge in [-0.25, -0.2) is 0 Å². The minimum absolute atomic E-state index is 0.595. The molecule has 0 aliphatic carbocycles. The van der Waals surface area contributed by atoms with Crippen molar-refractivity contribution in [3.63, 3.8) is 0 Å². The number of nitrogens with zero attached hydrogens (tertiary/aromatic N) is 2. The summed E-state index contributed by atoms with van der Waals surface area (Å²) in [5.41, 5.74) is 0.971. The van der Waals surface area contributed by atoms with E-state index >= 15 is 0 Å². The van der Waals surface area contributed by atoms with Gasteiger partial charge in [0.15, 0.2) is 5.11 Å². The number of anilines is 1. The van der Waals surface area contributed by atoms with Crippen molar-refractivity contribution < 1.29 is 0 Å². The fraction of sp³-hybridized carbons (Fsp3) is 0.429. The Hall–Kier alpha value is -1.10. The fourth-order valence-electron chi connectivity index (χ4n) is 0.906. The highest BCUT2D eigenvalue weighted by Gasteiger charge is 2.01. The van der Waals surface area contributed by atoms with Crippen LogP contribution in [-0.4, -0.2) is 21.9 Å². The summed E-state index contributed by atoms with van der Waals surface area (Å²) < 4.78 is 1.75. The lowest BCUT2D eigenvalue weighted by atomic mass is 10.5. The topological polar surface area (TPSA) is 41.9 Å². The van der Waals surface area contributed by atoms with Gasteiger partial charge >= 0.3 is 0 Å². The molecule has 4 nitrogen and oxygen atoms in total. The Balaban J connectivity index is 2.75. The first-order valence-electron chi connectivity index (χ1n) is 3.63. The van der Waals surface area contributed by atoms with Crippen molar-refractivity contribution in [1.82, 2.24) is 15.1 Å². The number of rotatable bonds is 1. The van der Waals surface area contributed by atoms with Crippen LogP contribution in [-0.2, 0) is 7.05 Å². The predicted molar refractivity (Wildman–Crippen MR) is 53.2 cm³/mol. The Kier molecular flexibility index (Phi) is 2.65. The molecule has 0 radical (unpaired) electrons. The van der Waals surface area contributed by atoms with Gasteiger partial charge in [-0.05, 0) is 19.1 Å². The molecule has 66 valence electrons. The largest absolute Gasteiger partial charge is 0.365 e. The van der Waals surface area contributed by atoms with Gasteiger partial charge in [0.25, 0.3) is 0 Å². The Bertz CT molecular complexity index is 292. The molecule has 0 fully saturated rings. The van der Waals surface area contributed by atoms with E-state index in [-0.39, 0.29) is 0 Å². The van der Waals surface area contributed by atoms with Crippen LogP contribution in [0.1, 0.15) is 5.69 Å². The third-order valence-electron chi connectivity index (χ3n) is 1.47. The fourth-order valence-corrected chi connectivity index (χ4v) is 1.01. The van der Waals surface area contributed by atoms with Gasteiger partial charge in [0.1, 0.15) is 5.82 Å². The van der Waals surface area contributed by atoms with E-state index in [0.717, 1.165) is 11.5 Å². The van der Waals surface area contributed by atoms with Crippen LogP contribution in [0, 0.1) is 6.92 Å². The zero-order valence-corrected chi connectivity index (χ0v) is 8.20. The van der Waals surface area contributed by atoms with Gasteiger partial charge in [0.05, 0.1) is 5.69 Å². The molecule has 1 aromatic heterocycles. The minimum atomic E-state index is 0.595. The maximum atomic E-state index is 4.94. The number of hydrogen-bond donors (Lipinski definition) is 2. The molecule has 0 atom stereocenters. The summed E-state index contributed by atoms with van der Waals surface area (Å²) in [6.45, 7) is 1.94. The van der Waals surface area contributed by atoms with Gasteiger partial charge in [0, 0.05) is 20.2 Å². The number of thiocarbonyl (C=S) groups is 1.